The van der Waals surface area contributed by atoms with E-state index in [0.29, 0.717) is 36.0 Å². The molecule has 0 saturated carbocycles. The SMILES string of the molecule is COc1cc(OCCN2CCOCC2)ccc1-c1csc(N(C)C(=O)C2(CC(=O)OC(C)(C)C)Cc3ccccc3C2)n1. The molecule has 0 N–H and O–H groups in total. The number of esters is 1. The Morgan fingerprint density at radius 3 is 2.44 bits per heavy atom. The molecule has 0 atom stereocenters. The van der Waals surface area contributed by atoms with Gasteiger partial charge in [0.2, 0.25) is 5.91 Å². The molecule has 0 spiro atoms. The van der Waals surface area contributed by atoms with Crippen molar-refractivity contribution in [1.82, 2.24) is 9.88 Å². The van der Waals surface area contributed by atoms with Crippen LogP contribution in [0.5, 0.6) is 11.5 Å². The number of nitrogens with zero attached hydrogens (tertiary/aromatic N) is 3. The Labute approximate surface area is 257 Å². The van der Waals surface area contributed by atoms with E-state index in [0.717, 1.165) is 55.3 Å². The van der Waals surface area contributed by atoms with Crippen molar-refractivity contribution in [3.8, 4) is 22.8 Å². The number of hydrogen-bond donors (Lipinski definition) is 0. The standard InChI is InChI=1S/C33H41N3O6S/c1-32(2,3)42-29(37)21-33(19-23-8-6-7-9-24(23)20-33)30(38)35(4)31-34-27(22-43-31)26-11-10-25(18-28(26)39-5)41-17-14-36-12-15-40-16-13-36/h6-11,18,22H,12-17,19-21H2,1-5H3. The number of rotatable bonds is 10. The van der Waals surface area contributed by atoms with E-state index in [1.807, 2.05) is 68.6 Å². The zero-order chi connectivity index (χ0) is 30.6. The number of benzene rings is 2. The van der Waals surface area contributed by atoms with Crippen LogP contribution in [0.1, 0.15) is 38.3 Å². The van der Waals surface area contributed by atoms with E-state index in [4.69, 9.17) is 23.9 Å². The Morgan fingerprint density at radius 1 is 1.09 bits per heavy atom. The number of hydrogen-bond acceptors (Lipinski definition) is 9. The minimum Gasteiger partial charge on any atom is -0.496 e. The Balaban J connectivity index is 1.31. The average Bonchev–Trinajstić information content (AvgIpc) is 3.61. The topological polar surface area (TPSA) is 90.4 Å². The molecule has 10 heteroatoms. The van der Waals surface area contributed by atoms with Crippen molar-refractivity contribution < 1.29 is 28.5 Å². The summed E-state index contributed by atoms with van der Waals surface area (Å²) in [5.74, 6) is 0.842. The summed E-state index contributed by atoms with van der Waals surface area (Å²) in [6.07, 6.45) is 0.955. The van der Waals surface area contributed by atoms with E-state index in [-0.39, 0.29) is 18.3 Å². The molecule has 9 nitrogen and oxygen atoms in total. The molecule has 0 radical (unpaired) electrons. The maximum Gasteiger partial charge on any atom is 0.307 e. The third-order valence-electron chi connectivity index (χ3n) is 7.85. The fraction of sp³-hybridized carbons (Fsp3) is 0.485. The summed E-state index contributed by atoms with van der Waals surface area (Å²) in [6.45, 7) is 10.3. The molecule has 43 heavy (non-hydrogen) atoms. The van der Waals surface area contributed by atoms with Gasteiger partial charge in [-0.1, -0.05) is 24.3 Å². The molecule has 0 unspecified atom stereocenters. The van der Waals surface area contributed by atoms with Gasteiger partial charge >= 0.3 is 5.97 Å². The summed E-state index contributed by atoms with van der Waals surface area (Å²) in [4.78, 5) is 36.0. The van der Waals surface area contributed by atoms with Gasteiger partial charge in [0.25, 0.3) is 0 Å². The molecule has 1 saturated heterocycles. The predicted octanol–water partition coefficient (Wildman–Crippen LogP) is 5.01. The van der Waals surface area contributed by atoms with Crippen LogP contribution in [0.25, 0.3) is 11.3 Å². The zero-order valence-electron chi connectivity index (χ0n) is 25.7. The second kappa shape index (κ2) is 13.0. The summed E-state index contributed by atoms with van der Waals surface area (Å²) in [6, 6.07) is 13.7. The van der Waals surface area contributed by atoms with Crippen molar-refractivity contribution in [2.75, 3.05) is 58.5 Å². The van der Waals surface area contributed by atoms with Crippen LogP contribution in [0.2, 0.25) is 0 Å². The van der Waals surface area contributed by atoms with Gasteiger partial charge in [-0.25, -0.2) is 4.98 Å². The van der Waals surface area contributed by atoms with Crippen molar-refractivity contribution in [3.05, 3.63) is 59.0 Å². The smallest absolute Gasteiger partial charge is 0.307 e. The number of morpholine rings is 1. The quantitative estimate of drug-likeness (QED) is 0.297. The Hall–Kier alpha value is -3.47. The lowest BCUT2D eigenvalue weighted by atomic mass is 9.80. The number of amides is 1. The molecule has 1 aromatic heterocycles. The van der Waals surface area contributed by atoms with Gasteiger partial charge in [0.05, 0.1) is 37.9 Å². The first-order valence-corrected chi connectivity index (χ1v) is 15.6. The molecule has 2 aliphatic rings. The first-order chi connectivity index (χ1) is 20.6. The van der Waals surface area contributed by atoms with E-state index in [9.17, 15) is 9.59 Å². The van der Waals surface area contributed by atoms with Gasteiger partial charge in [-0.15, -0.1) is 11.3 Å². The number of aromatic nitrogens is 1. The predicted molar refractivity (Wildman–Crippen MR) is 167 cm³/mol. The van der Waals surface area contributed by atoms with Crippen molar-refractivity contribution in [3.63, 3.8) is 0 Å². The van der Waals surface area contributed by atoms with E-state index < -0.39 is 11.0 Å². The molecule has 0 bridgehead atoms. The third kappa shape index (κ3) is 7.37. The second-order valence-corrected chi connectivity index (χ2v) is 13.0. The molecular formula is C33H41N3O6S. The highest BCUT2D eigenvalue weighted by atomic mass is 32.1. The number of thiazole rings is 1. The lowest BCUT2D eigenvalue weighted by Gasteiger charge is -2.31. The van der Waals surface area contributed by atoms with Crippen LogP contribution >= 0.6 is 11.3 Å². The highest BCUT2D eigenvalue weighted by Gasteiger charge is 2.48. The van der Waals surface area contributed by atoms with Crippen LogP contribution in [0.3, 0.4) is 0 Å². The fourth-order valence-electron chi connectivity index (χ4n) is 5.77. The highest BCUT2D eigenvalue weighted by molar-refractivity contribution is 7.14. The van der Waals surface area contributed by atoms with Crippen LogP contribution in [-0.2, 0) is 31.9 Å². The van der Waals surface area contributed by atoms with Crippen LogP contribution in [0.4, 0.5) is 5.13 Å². The fourth-order valence-corrected chi connectivity index (χ4v) is 6.56. The van der Waals surface area contributed by atoms with E-state index in [1.54, 1.807) is 19.1 Å². The van der Waals surface area contributed by atoms with Crippen LogP contribution in [0, 0.1) is 5.41 Å². The van der Waals surface area contributed by atoms with Crippen molar-refractivity contribution in [2.24, 2.45) is 5.41 Å². The molecule has 2 aromatic carbocycles. The third-order valence-corrected chi connectivity index (χ3v) is 8.76. The molecule has 3 aromatic rings. The van der Waals surface area contributed by atoms with Crippen molar-refractivity contribution in [2.45, 2.75) is 45.6 Å². The van der Waals surface area contributed by atoms with Gasteiger partial charge in [0.1, 0.15) is 23.7 Å². The van der Waals surface area contributed by atoms with Gasteiger partial charge in [0.15, 0.2) is 5.13 Å². The Kier molecular flexibility index (Phi) is 9.39. The van der Waals surface area contributed by atoms with Crippen molar-refractivity contribution >= 4 is 28.3 Å². The van der Waals surface area contributed by atoms with Crippen LogP contribution in [0.15, 0.2) is 47.8 Å². The summed E-state index contributed by atoms with van der Waals surface area (Å²) in [7, 11) is 3.35. The summed E-state index contributed by atoms with van der Waals surface area (Å²) in [5.41, 5.74) is 2.11. The van der Waals surface area contributed by atoms with Crippen molar-refractivity contribution in [1.29, 1.82) is 0 Å². The van der Waals surface area contributed by atoms with Gasteiger partial charge in [-0.2, -0.15) is 0 Å². The molecule has 1 aliphatic carbocycles. The van der Waals surface area contributed by atoms with Gasteiger partial charge < -0.3 is 18.9 Å². The Morgan fingerprint density at radius 2 is 1.79 bits per heavy atom. The number of anilines is 1. The lowest BCUT2D eigenvalue weighted by molar-refractivity contribution is -0.159. The second-order valence-electron chi connectivity index (χ2n) is 12.2. The molecule has 230 valence electrons. The number of carbonyl (C=O) groups excluding carboxylic acids is 2. The number of ether oxygens (including phenoxy) is 4. The van der Waals surface area contributed by atoms with Gasteiger partial charge in [-0.3, -0.25) is 19.4 Å². The number of fused-ring (bicyclic) bond motifs is 1. The van der Waals surface area contributed by atoms with Gasteiger partial charge in [0, 0.05) is 43.7 Å². The molecule has 5 rings (SSSR count). The molecular weight excluding hydrogens is 566 g/mol. The minimum absolute atomic E-state index is 0.00117. The maximum atomic E-state index is 14.2. The minimum atomic E-state index is -0.940. The highest BCUT2D eigenvalue weighted by Crippen LogP contribution is 2.43. The summed E-state index contributed by atoms with van der Waals surface area (Å²) >= 11 is 1.38. The van der Waals surface area contributed by atoms with E-state index in [2.05, 4.69) is 4.90 Å². The summed E-state index contributed by atoms with van der Waals surface area (Å²) in [5, 5.41) is 2.47. The molecule has 1 fully saturated rings. The zero-order valence-corrected chi connectivity index (χ0v) is 26.5. The van der Waals surface area contributed by atoms with E-state index in [1.165, 1.54) is 11.3 Å². The summed E-state index contributed by atoms with van der Waals surface area (Å²) < 4.78 is 22.8. The maximum absolute atomic E-state index is 14.2. The van der Waals surface area contributed by atoms with E-state index >= 15 is 0 Å². The lowest BCUT2D eigenvalue weighted by Crippen LogP contribution is -2.45. The number of methoxy groups -OCH3 is 1. The average molecular weight is 608 g/mol. The molecule has 1 amide bonds. The molecule has 1 aliphatic heterocycles. The largest absolute Gasteiger partial charge is 0.496 e. The first-order valence-electron chi connectivity index (χ1n) is 14.7. The monoisotopic (exact) mass is 607 g/mol. The van der Waals surface area contributed by atoms with Crippen LogP contribution < -0.4 is 14.4 Å². The first kappa shape index (κ1) is 31.0. The van der Waals surface area contributed by atoms with Gasteiger partial charge in [-0.05, 0) is 56.9 Å². The number of carbonyl (C=O) groups is 2. The molecule has 2 heterocycles. The van der Waals surface area contributed by atoms with Crippen LogP contribution in [-0.4, -0.2) is 81.0 Å². The normalized spacial score (nSPS) is 16.4. The Bertz CT molecular complexity index is 1420.